The molecule has 2 rings (SSSR count). The van der Waals surface area contributed by atoms with Crippen LogP contribution in [0.3, 0.4) is 0 Å². The SMILES string of the molecule is CCn1nccc1S(=O)(=O)Nc1ccc(C(C)(C)C(=O)O)cc1. The third kappa shape index (κ3) is 3.37. The molecule has 0 aliphatic heterocycles. The molecule has 1 heterocycles. The third-order valence-corrected chi connectivity index (χ3v) is 5.05. The minimum Gasteiger partial charge on any atom is -0.481 e. The maximum atomic E-state index is 12.4. The maximum Gasteiger partial charge on any atom is 0.313 e. The van der Waals surface area contributed by atoms with E-state index in [0.717, 1.165) is 0 Å². The number of aromatic nitrogens is 2. The first-order chi connectivity index (χ1) is 10.7. The van der Waals surface area contributed by atoms with Gasteiger partial charge in [0.25, 0.3) is 10.0 Å². The highest BCUT2D eigenvalue weighted by atomic mass is 32.2. The molecule has 0 unspecified atom stereocenters. The van der Waals surface area contributed by atoms with Gasteiger partial charge in [0, 0.05) is 12.2 Å². The first kappa shape index (κ1) is 17.0. The van der Waals surface area contributed by atoms with E-state index in [9.17, 15) is 18.3 Å². The molecule has 8 heteroatoms. The van der Waals surface area contributed by atoms with Gasteiger partial charge in [-0.25, -0.2) is 0 Å². The Bertz CT molecular complexity index is 808. The smallest absolute Gasteiger partial charge is 0.313 e. The fraction of sp³-hybridized carbons (Fsp3) is 0.333. The molecule has 0 spiro atoms. The summed E-state index contributed by atoms with van der Waals surface area (Å²) >= 11 is 0. The van der Waals surface area contributed by atoms with Crippen LogP contribution in [-0.4, -0.2) is 29.3 Å². The average molecular weight is 337 g/mol. The second-order valence-electron chi connectivity index (χ2n) is 5.60. The Balaban J connectivity index is 2.26. The Kier molecular flexibility index (Phi) is 4.46. The summed E-state index contributed by atoms with van der Waals surface area (Å²) in [5, 5.41) is 13.2. The van der Waals surface area contributed by atoms with Crippen LogP contribution in [0.1, 0.15) is 26.3 Å². The molecule has 1 aromatic carbocycles. The molecule has 2 N–H and O–H groups in total. The largest absolute Gasteiger partial charge is 0.481 e. The molecular formula is C15H19N3O4S. The molecule has 0 fully saturated rings. The molecule has 1 aromatic heterocycles. The summed E-state index contributed by atoms with van der Waals surface area (Å²) in [6.07, 6.45) is 1.43. The van der Waals surface area contributed by atoms with E-state index >= 15 is 0 Å². The van der Waals surface area contributed by atoms with Crippen LogP contribution in [0.15, 0.2) is 41.6 Å². The van der Waals surface area contributed by atoms with E-state index < -0.39 is 21.4 Å². The molecule has 7 nitrogen and oxygen atoms in total. The molecule has 23 heavy (non-hydrogen) atoms. The number of carboxylic acids is 1. The lowest BCUT2D eigenvalue weighted by Crippen LogP contribution is -2.28. The number of carboxylic acid groups (broad SMARTS) is 1. The summed E-state index contributed by atoms with van der Waals surface area (Å²) in [5.41, 5.74) is -0.0940. The molecule has 0 aliphatic rings. The van der Waals surface area contributed by atoms with Crippen molar-refractivity contribution in [1.29, 1.82) is 0 Å². The summed E-state index contributed by atoms with van der Waals surface area (Å²) in [4.78, 5) is 11.2. The van der Waals surface area contributed by atoms with E-state index in [1.807, 2.05) is 0 Å². The number of nitrogens with one attached hydrogen (secondary N) is 1. The van der Waals surface area contributed by atoms with Crippen molar-refractivity contribution >= 4 is 21.7 Å². The number of aliphatic carboxylic acids is 1. The van der Waals surface area contributed by atoms with Gasteiger partial charge in [0.2, 0.25) is 0 Å². The fourth-order valence-corrected chi connectivity index (χ4v) is 3.32. The molecule has 0 radical (unpaired) electrons. The van der Waals surface area contributed by atoms with Gasteiger partial charge in [0.15, 0.2) is 5.03 Å². The van der Waals surface area contributed by atoms with Gasteiger partial charge in [-0.05, 0) is 44.5 Å². The number of anilines is 1. The van der Waals surface area contributed by atoms with Crippen molar-refractivity contribution in [2.24, 2.45) is 0 Å². The normalized spacial score (nSPS) is 12.1. The van der Waals surface area contributed by atoms with E-state index in [-0.39, 0.29) is 5.03 Å². The summed E-state index contributed by atoms with van der Waals surface area (Å²) < 4.78 is 28.6. The monoisotopic (exact) mass is 337 g/mol. The highest BCUT2D eigenvalue weighted by Crippen LogP contribution is 2.25. The quantitative estimate of drug-likeness (QED) is 0.840. The first-order valence-corrected chi connectivity index (χ1v) is 8.55. The summed E-state index contributed by atoms with van der Waals surface area (Å²) in [5.74, 6) is -0.947. The number of hydrogen-bond acceptors (Lipinski definition) is 4. The van der Waals surface area contributed by atoms with Crippen LogP contribution < -0.4 is 4.72 Å². The topological polar surface area (TPSA) is 101 Å². The zero-order chi connectivity index (χ0) is 17.3. The zero-order valence-corrected chi connectivity index (χ0v) is 14.0. The second kappa shape index (κ2) is 6.04. The van der Waals surface area contributed by atoms with Crippen molar-refractivity contribution in [3.8, 4) is 0 Å². The number of sulfonamides is 1. The molecule has 2 aromatic rings. The maximum absolute atomic E-state index is 12.4. The average Bonchev–Trinajstić information content (AvgIpc) is 2.96. The number of aryl methyl sites for hydroxylation is 1. The summed E-state index contributed by atoms with van der Waals surface area (Å²) in [6, 6.07) is 7.72. The lowest BCUT2D eigenvalue weighted by molar-refractivity contribution is -0.142. The van der Waals surface area contributed by atoms with Gasteiger partial charge in [-0.3, -0.25) is 14.2 Å². The van der Waals surface area contributed by atoms with E-state index in [2.05, 4.69) is 9.82 Å². The minimum absolute atomic E-state index is 0.0787. The van der Waals surface area contributed by atoms with Gasteiger partial charge >= 0.3 is 5.97 Å². The Morgan fingerprint density at radius 1 is 1.26 bits per heavy atom. The predicted octanol–water partition coefficient (Wildman–Crippen LogP) is 2.07. The number of hydrogen-bond donors (Lipinski definition) is 2. The molecule has 0 amide bonds. The van der Waals surface area contributed by atoms with E-state index in [4.69, 9.17) is 0 Å². The van der Waals surface area contributed by atoms with Gasteiger partial charge < -0.3 is 5.11 Å². The molecule has 0 bridgehead atoms. The Morgan fingerprint density at radius 3 is 2.39 bits per heavy atom. The van der Waals surface area contributed by atoms with Crippen molar-refractivity contribution in [1.82, 2.24) is 9.78 Å². The third-order valence-electron chi connectivity index (χ3n) is 3.65. The number of rotatable bonds is 6. The minimum atomic E-state index is -3.74. The van der Waals surface area contributed by atoms with Crippen molar-refractivity contribution in [3.63, 3.8) is 0 Å². The Hall–Kier alpha value is -2.35. The molecule has 0 atom stereocenters. The summed E-state index contributed by atoms with van der Waals surface area (Å²) in [6.45, 7) is 5.42. The van der Waals surface area contributed by atoms with Crippen LogP contribution in [-0.2, 0) is 26.8 Å². The fourth-order valence-electron chi connectivity index (χ4n) is 2.07. The lowest BCUT2D eigenvalue weighted by atomic mass is 9.85. The van der Waals surface area contributed by atoms with Crippen molar-refractivity contribution in [2.75, 3.05) is 4.72 Å². The van der Waals surface area contributed by atoms with E-state index in [1.54, 1.807) is 45.0 Å². The first-order valence-electron chi connectivity index (χ1n) is 7.07. The molecule has 0 saturated heterocycles. The molecule has 0 saturated carbocycles. The van der Waals surface area contributed by atoms with Crippen LogP contribution in [0.4, 0.5) is 5.69 Å². The van der Waals surface area contributed by atoms with Gasteiger partial charge in [-0.2, -0.15) is 13.5 Å². The van der Waals surface area contributed by atoms with Crippen molar-refractivity contribution < 1.29 is 18.3 Å². The zero-order valence-electron chi connectivity index (χ0n) is 13.1. The van der Waals surface area contributed by atoms with E-state index in [0.29, 0.717) is 17.8 Å². The Morgan fingerprint density at radius 2 is 1.87 bits per heavy atom. The van der Waals surface area contributed by atoms with Gasteiger partial charge in [0.05, 0.1) is 11.6 Å². The highest BCUT2D eigenvalue weighted by molar-refractivity contribution is 7.92. The second-order valence-corrected chi connectivity index (χ2v) is 7.23. The van der Waals surface area contributed by atoms with E-state index in [1.165, 1.54) is 16.9 Å². The highest BCUT2D eigenvalue weighted by Gasteiger charge is 2.29. The van der Waals surface area contributed by atoms with Crippen LogP contribution in [0.5, 0.6) is 0 Å². The van der Waals surface area contributed by atoms with Gasteiger partial charge in [-0.1, -0.05) is 12.1 Å². The lowest BCUT2D eigenvalue weighted by Gasteiger charge is -2.20. The molecule has 0 aliphatic carbocycles. The van der Waals surface area contributed by atoms with Crippen molar-refractivity contribution in [3.05, 3.63) is 42.1 Å². The van der Waals surface area contributed by atoms with Gasteiger partial charge in [-0.15, -0.1) is 0 Å². The van der Waals surface area contributed by atoms with Gasteiger partial charge in [0.1, 0.15) is 0 Å². The predicted molar refractivity (Wildman–Crippen MR) is 85.8 cm³/mol. The number of carbonyl (C=O) groups is 1. The van der Waals surface area contributed by atoms with Crippen LogP contribution in [0.25, 0.3) is 0 Å². The standard InChI is InChI=1S/C15H19N3O4S/c1-4-18-13(9-10-16-18)23(21,22)17-12-7-5-11(6-8-12)15(2,3)14(19)20/h5-10,17H,4H2,1-3H3,(H,19,20). The molecule has 124 valence electrons. The number of benzene rings is 1. The Labute approximate surface area is 135 Å². The van der Waals surface area contributed by atoms with Crippen molar-refractivity contribution in [2.45, 2.75) is 37.8 Å². The van der Waals surface area contributed by atoms with Crippen LogP contribution in [0.2, 0.25) is 0 Å². The van der Waals surface area contributed by atoms with Crippen LogP contribution >= 0.6 is 0 Å². The van der Waals surface area contributed by atoms with Crippen LogP contribution in [0, 0.1) is 0 Å². The number of nitrogens with zero attached hydrogens (tertiary/aromatic N) is 2. The summed E-state index contributed by atoms with van der Waals surface area (Å²) in [7, 11) is -3.74. The molecular weight excluding hydrogens is 318 g/mol.